The maximum Gasteiger partial charge on any atom is 0.315 e. The summed E-state index contributed by atoms with van der Waals surface area (Å²) in [5.74, 6) is 0.866. The Balaban J connectivity index is 1.33. The van der Waals surface area contributed by atoms with Crippen molar-refractivity contribution in [3.05, 3.63) is 0 Å². The Hall–Kier alpha value is -0.810. The van der Waals surface area contributed by atoms with Crippen LogP contribution in [0.1, 0.15) is 57.8 Å². The molecule has 126 valence electrons. The van der Waals surface area contributed by atoms with Crippen LogP contribution in [0.3, 0.4) is 0 Å². The molecule has 0 aromatic heterocycles. The molecular formula is C17H31N3O2. The van der Waals surface area contributed by atoms with Gasteiger partial charge in [-0.15, -0.1) is 0 Å². The molecule has 22 heavy (non-hydrogen) atoms. The molecule has 0 spiro atoms. The second kappa shape index (κ2) is 7.64. The average molecular weight is 309 g/mol. The lowest BCUT2D eigenvalue weighted by molar-refractivity contribution is 0.00777. The van der Waals surface area contributed by atoms with Crippen LogP contribution in [-0.2, 0) is 0 Å². The highest BCUT2D eigenvalue weighted by molar-refractivity contribution is 5.74. The molecule has 2 unspecified atom stereocenters. The van der Waals surface area contributed by atoms with Crippen LogP contribution >= 0.6 is 0 Å². The predicted octanol–water partition coefficient (Wildman–Crippen LogP) is 1.85. The molecule has 2 amide bonds. The molecule has 3 rings (SSSR count). The summed E-state index contributed by atoms with van der Waals surface area (Å²) in [7, 11) is 0. The number of carbonyl (C=O) groups excluding carboxylic acids is 1. The molecule has 0 aromatic carbocycles. The molecule has 3 N–H and O–H groups in total. The summed E-state index contributed by atoms with van der Waals surface area (Å²) in [6, 6.07) is 0.636. The monoisotopic (exact) mass is 309 g/mol. The molecule has 2 saturated carbocycles. The van der Waals surface area contributed by atoms with E-state index in [2.05, 4.69) is 15.5 Å². The molecule has 2 aliphatic carbocycles. The van der Waals surface area contributed by atoms with Gasteiger partial charge in [-0.05, 0) is 38.0 Å². The van der Waals surface area contributed by atoms with Gasteiger partial charge < -0.3 is 15.7 Å². The number of aliphatic hydroxyl groups is 1. The fourth-order valence-electron chi connectivity index (χ4n) is 3.93. The third-order valence-corrected chi connectivity index (χ3v) is 5.56. The van der Waals surface area contributed by atoms with Gasteiger partial charge in [0.15, 0.2) is 0 Å². The van der Waals surface area contributed by atoms with E-state index < -0.39 is 0 Å². The average Bonchev–Trinajstić information content (AvgIpc) is 3.33. The smallest absolute Gasteiger partial charge is 0.315 e. The molecule has 0 bridgehead atoms. The number of likely N-dealkylation sites (tertiary alicyclic amines) is 1. The van der Waals surface area contributed by atoms with Crippen molar-refractivity contribution in [3.63, 3.8) is 0 Å². The number of hydrogen-bond acceptors (Lipinski definition) is 3. The lowest BCUT2D eigenvalue weighted by Crippen LogP contribution is -2.53. The first kappa shape index (κ1) is 16.1. The third-order valence-electron chi connectivity index (χ3n) is 5.56. The normalized spacial score (nSPS) is 31.0. The van der Waals surface area contributed by atoms with E-state index in [9.17, 15) is 9.90 Å². The Morgan fingerprint density at radius 2 is 1.77 bits per heavy atom. The molecular weight excluding hydrogens is 278 g/mol. The summed E-state index contributed by atoms with van der Waals surface area (Å²) in [6.45, 7) is 2.80. The highest BCUT2D eigenvalue weighted by atomic mass is 16.3. The first-order valence-corrected chi connectivity index (χ1v) is 9.19. The maximum atomic E-state index is 11.9. The molecule has 3 aliphatic rings. The van der Waals surface area contributed by atoms with Crippen LogP contribution in [0.4, 0.5) is 4.79 Å². The molecule has 5 nitrogen and oxygen atoms in total. The molecule has 3 fully saturated rings. The van der Waals surface area contributed by atoms with Crippen LogP contribution in [0, 0.1) is 5.92 Å². The van der Waals surface area contributed by atoms with Gasteiger partial charge in [0.05, 0.1) is 6.10 Å². The second-order valence-electron chi connectivity index (χ2n) is 7.36. The van der Waals surface area contributed by atoms with Gasteiger partial charge in [-0.3, -0.25) is 4.90 Å². The van der Waals surface area contributed by atoms with Gasteiger partial charge in [-0.2, -0.15) is 0 Å². The summed E-state index contributed by atoms with van der Waals surface area (Å²) in [4.78, 5) is 14.3. The summed E-state index contributed by atoms with van der Waals surface area (Å²) in [5, 5.41) is 16.2. The van der Waals surface area contributed by atoms with E-state index in [1.807, 2.05) is 0 Å². The van der Waals surface area contributed by atoms with Crippen LogP contribution in [0.2, 0.25) is 0 Å². The fraction of sp³-hybridized carbons (Fsp3) is 0.941. The maximum absolute atomic E-state index is 11.9. The Labute approximate surface area is 133 Å². The quantitative estimate of drug-likeness (QED) is 0.726. The van der Waals surface area contributed by atoms with Crippen LogP contribution in [-0.4, -0.2) is 53.9 Å². The minimum absolute atomic E-state index is 0.00296. The van der Waals surface area contributed by atoms with E-state index in [0.717, 1.165) is 64.1 Å². The zero-order valence-corrected chi connectivity index (χ0v) is 13.6. The Kier molecular flexibility index (Phi) is 5.58. The molecule has 1 heterocycles. The number of hydrogen-bond donors (Lipinski definition) is 3. The van der Waals surface area contributed by atoms with Crippen LogP contribution in [0.5, 0.6) is 0 Å². The number of aliphatic hydroxyl groups excluding tert-OH is 1. The van der Waals surface area contributed by atoms with E-state index in [-0.39, 0.29) is 18.2 Å². The number of nitrogens with zero attached hydrogens (tertiary/aromatic N) is 1. The second-order valence-corrected chi connectivity index (χ2v) is 7.36. The van der Waals surface area contributed by atoms with Gasteiger partial charge in [0.2, 0.25) is 0 Å². The van der Waals surface area contributed by atoms with Crippen molar-refractivity contribution in [3.8, 4) is 0 Å². The van der Waals surface area contributed by atoms with E-state index in [4.69, 9.17) is 0 Å². The fourth-order valence-corrected chi connectivity index (χ4v) is 3.93. The van der Waals surface area contributed by atoms with E-state index in [1.165, 1.54) is 19.3 Å². The highest BCUT2D eigenvalue weighted by Gasteiger charge is 2.31. The summed E-state index contributed by atoms with van der Waals surface area (Å²) < 4.78 is 0. The van der Waals surface area contributed by atoms with E-state index in [1.54, 1.807) is 0 Å². The standard InChI is InChI=1S/C17H31N3O2/c21-16-4-2-1-3-15(16)20-11-8-14(9-12-20)19-17(22)18-10-7-13-5-6-13/h13-16,21H,1-12H2,(H2,18,19,22). The summed E-state index contributed by atoms with van der Waals surface area (Å²) in [6.07, 6.45) is 10.1. The minimum Gasteiger partial charge on any atom is -0.391 e. The van der Waals surface area contributed by atoms with Crippen LogP contribution in [0.25, 0.3) is 0 Å². The van der Waals surface area contributed by atoms with Crippen LogP contribution < -0.4 is 10.6 Å². The SMILES string of the molecule is O=C(NCCC1CC1)NC1CCN(C2CCCCC2O)CC1. The van der Waals surface area contributed by atoms with Gasteiger partial charge in [-0.1, -0.05) is 25.7 Å². The topological polar surface area (TPSA) is 64.6 Å². The number of urea groups is 1. The number of rotatable bonds is 5. The van der Waals surface area contributed by atoms with Crippen molar-refractivity contribution in [2.24, 2.45) is 5.92 Å². The number of nitrogens with one attached hydrogen (secondary N) is 2. The van der Waals surface area contributed by atoms with Gasteiger partial charge in [-0.25, -0.2) is 4.79 Å². The minimum atomic E-state index is -0.149. The van der Waals surface area contributed by atoms with Crippen molar-refractivity contribution in [1.82, 2.24) is 15.5 Å². The Morgan fingerprint density at radius 3 is 2.45 bits per heavy atom. The van der Waals surface area contributed by atoms with Crippen molar-refractivity contribution in [2.45, 2.75) is 76.0 Å². The van der Waals surface area contributed by atoms with Crippen molar-refractivity contribution in [1.29, 1.82) is 0 Å². The molecule has 0 aromatic rings. The zero-order valence-electron chi connectivity index (χ0n) is 13.6. The van der Waals surface area contributed by atoms with Gasteiger partial charge >= 0.3 is 6.03 Å². The molecule has 2 atom stereocenters. The molecule has 5 heteroatoms. The van der Waals surface area contributed by atoms with E-state index >= 15 is 0 Å². The number of carbonyl (C=O) groups is 1. The van der Waals surface area contributed by atoms with E-state index in [0.29, 0.717) is 6.04 Å². The first-order chi connectivity index (χ1) is 10.7. The van der Waals surface area contributed by atoms with Gasteiger partial charge in [0.25, 0.3) is 0 Å². The number of amides is 2. The Morgan fingerprint density at radius 1 is 1.05 bits per heavy atom. The van der Waals surface area contributed by atoms with Crippen molar-refractivity contribution in [2.75, 3.05) is 19.6 Å². The Bertz CT molecular complexity index is 365. The lowest BCUT2D eigenvalue weighted by atomic mass is 9.89. The zero-order chi connectivity index (χ0) is 15.4. The lowest BCUT2D eigenvalue weighted by Gasteiger charge is -2.41. The molecule has 1 aliphatic heterocycles. The highest BCUT2D eigenvalue weighted by Crippen LogP contribution is 2.31. The molecule has 1 saturated heterocycles. The third kappa shape index (κ3) is 4.59. The summed E-state index contributed by atoms with van der Waals surface area (Å²) >= 11 is 0. The van der Waals surface area contributed by atoms with Crippen LogP contribution in [0.15, 0.2) is 0 Å². The predicted molar refractivity (Wildman–Crippen MR) is 86.7 cm³/mol. The van der Waals surface area contributed by atoms with Crippen molar-refractivity contribution >= 4 is 6.03 Å². The molecule has 0 radical (unpaired) electrons. The number of piperidine rings is 1. The summed E-state index contributed by atoms with van der Waals surface area (Å²) in [5.41, 5.74) is 0. The van der Waals surface area contributed by atoms with Gasteiger partial charge in [0, 0.05) is 31.7 Å². The van der Waals surface area contributed by atoms with Crippen molar-refractivity contribution < 1.29 is 9.90 Å². The first-order valence-electron chi connectivity index (χ1n) is 9.19. The largest absolute Gasteiger partial charge is 0.391 e. The van der Waals surface area contributed by atoms with Gasteiger partial charge in [0.1, 0.15) is 0 Å².